The van der Waals surface area contributed by atoms with Gasteiger partial charge in [-0.05, 0) is 25.3 Å². The van der Waals surface area contributed by atoms with Gasteiger partial charge in [0.1, 0.15) is 5.41 Å². The molecule has 0 atom stereocenters. The number of benzene rings is 1. The van der Waals surface area contributed by atoms with Crippen LogP contribution in [0.5, 0.6) is 0 Å². The molecule has 0 heterocycles. The molecule has 0 aromatic heterocycles. The summed E-state index contributed by atoms with van der Waals surface area (Å²) in [6.45, 7) is 1.51. The van der Waals surface area contributed by atoms with Gasteiger partial charge in [0.2, 0.25) is 11.8 Å². The van der Waals surface area contributed by atoms with E-state index in [1.54, 1.807) is 0 Å². The first kappa shape index (κ1) is 14.1. The molecule has 0 radical (unpaired) electrons. The number of rotatable bonds is 5. The second kappa shape index (κ2) is 6.13. The van der Waals surface area contributed by atoms with Crippen LogP contribution in [-0.2, 0) is 16.0 Å². The fourth-order valence-corrected chi connectivity index (χ4v) is 1.69. The summed E-state index contributed by atoms with van der Waals surface area (Å²) in [5.41, 5.74) is 3.77. The quantitative estimate of drug-likeness (QED) is 0.247. The van der Waals surface area contributed by atoms with E-state index in [0.717, 1.165) is 5.56 Å². The van der Waals surface area contributed by atoms with Gasteiger partial charge < -0.3 is 0 Å². The van der Waals surface area contributed by atoms with Crippen molar-refractivity contribution >= 4 is 11.8 Å². The number of carbonyl (C=O) groups is 2. The molecular formula is C12H18N4O2. The highest BCUT2D eigenvalue weighted by Gasteiger charge is 2.40. The lowest BCUT2D eigenvalue weighted by atomic mass is 9.82. The van der Waals surface area contributed by atoms with Gasteiger partial charge in [0.15, 0.2) is 0 Å². The highest BCUT2D eigenvalue weighted by molar-refractivity contribution is 6.04. The van der Waals surface area contributed by atoms with Gasteiger partial charge >= 0.3 is 0 Å². The molecule has 1 aromatic rings. The second-order valence-electron chi connectivity index (χ2n) is 4.26. The summed E-state index contributed by atoms with van der Waals surface area (Å²) < 4.78 is 0. The van der Waals surface area contributed by atoms with E-state index in [1.807, 2.05) is 41.2 Å². The first-order valence-corrected chi connectivity index (χ1v) is 5.60. The Bertz CT molecular complexity index is 403. The van der Waals surface area contributed by atoms with Crippen LogP contribution in [0.25, 0.3) is 0 Å². The first-order valence-electron chi connectivity index (χ1n) is 5.60. The second-order valence-corrected chi connectivity index (χ2v) is 4.26. The standard InChI is InChI=1S/C12H18N4O2/c1-12(10(17)15-13,11(18)16-14)8-7-9-5-3-2-4-6-9/h2-6H,7-8,13-14H2,1H3,(H,15,17)(H,16,18). The zero-order chi connectivity index (χ0) is 13.6. The van der Waals surface area contributed by atoms with E-state index in [1.165, 1.54) is 6.92 Å². The largest absolute Gasteiger partial charge is 0.293 e. The molecule has 6 heteroatoms. The van der Waals surface area contributed by atoms with E-state index in [9.17, 15) is 9.59 Å². The fourth-order valence-electron chi connectivity index (χ4n) is 1.69. The summed E-state index contributed by atoms with van der Waals surface area (Å²) in [6.07, 6.45) is 0.904. The van der Waals surface area contributed by atoms with Crippen molar-refractivity contribution in [2.24, 2.45) is 17.1 Å². The molecule has 0 aliphatic carbocycles. The van der Waals surface area contributed by atoms with Crippen LogP contribution in [-0.4, -0.2) is 11.8 Å². The molecule has 0 aliphatic rings. The summed E-state index contributed by atoms with van der Waals surface area (Å²) >= 11 is 0. The SMILES string of the molecule is CC(CCc1ccccc1)(C(=O)NN)C(=O)NN. The fraction of sp³-hybridized carbons (Fsp3) is 0.333. The predicted octanol–water partition coefficient (Wildman–Crippen LogP) is -0.395. The third kappa shape index (κ3) is 3.06. The number of hydrazine groups is 2. The molecule has 1 rings (SSSR count). The monoisotopic (exact) mass is 250 g/mol. The Morgan fingerprint density at radius 3 is 2.06 bits per heavy atom. The van der Waals surface area contributed by atoms with Gasteiger partial charge in [0, 0.05) is 0 Å². The van der Waals surface area contributed by atoms with Crippen molar-refractivity contribution in [3.05, 3.63) is 35.9 Å². The minimum absolute atomic E-state index is 0.322. The van der Waals surface area contributed by atoms with E-state index in [2.05, 4.69) is 0 Å². The minimum atomic E-state index is -1.28. The first-order chi connectivity index (χ1) is 8.54. The molecule has 0 unspecified atom stereocenters. The van der Waals surface area contributed by atoms with Gasteiger partial charge in [-0.15, -0.1) is 0 Å². The number of amides is 2. The number of hydrogen-bond acceptors (Lipinski definition) is 4. The van der Waals surface area contributed by atoms with E-state index >= 15 is 0 Å². The highest BCUT2D eigenvalue weighted by atomic mass is 16.2. The van der Waals surface area contributed by atoms with Crippen molar-refractivity contribution in [1.82, 2.24) is 10.9 Å². The van der Waals surface area contributed by atoms with Crippen molar-refractivity contribution in [1.29, 1.82) is 0 Å². The van der Waals surface area contributed by atoms with Gasteiger partial charge in [-0.3, -0.25) is 20.4 Å². The lowest BCUT2D eigenvalue weighted by Crippen LogP contribution is -2.53. The molecule has 0 fully saturated rings. The molecule has 2 amide bonds. The molecule has 0 bridgehead atoms. The molecule has 6 N–H and O–H groups in total. The maximum absolute atomic E-state index is 11.7. The number of hydrogen-bond donors (Lipinski definition) is 4. The molecule has 0 saturated heterocycles. The Kier molecular flexibility index (Phi) is 4.82. The smallest absolute Gasteiger partial charge is 0.249 e. The van der Waals surface area contributed by atoms with Gasteiger partial charge in [-0.1, -0.05) is 30.3 Å². The minimum Gasteiger partial charge on any atom is -0.293 e. The van der Waals surface area contributed by atoms with Gasteiger partial charge in [-0.25, -0.2) is 11.7 Å². The lowest BCUT2D eigenvalue weighted by molar-refractivity contribution is -0.143. The summed E-state index contributed by atoms with van der Waals surface area (Å²) in [4.78, 5) is 23.4. The summed E-state index contributed by atoms with van der Waals surface area (Å²) in [6, 6.07) is 9.57. The zero-order valence-corrected chi connectivity index (χ0v) is 10.3. The van der Waals surface area contributed by atoms with Crippen LogP contribution >= 0.6 is 0 Å². The average molecular weight is 250 g/mol. The lowest BCUT2D eigenvalue weighted by Gasteiger charge is -2.25. The van der Waals surface area contributed by atoms with Crippen molar-refractivity contribution in [3.8, 4) is 0 Å². The van der Waals surface area contributed by atoms with Crippen LogP contribution in [0.15, 0.2) is 30.3 Å². The maximum Gasteiger partial charge on any atom is 0.249 e. The van der Waals surface area contributed by atoms with Crippen LogP contribution in [0.1, 0.15) is 18.9 Å². The molecule has 6 nitrogen and oxygen atoms in total. The number of aryl methyl sites for hydroxylation is 1. The zero-order valence-electron chi connectivity index (χ0n) is 10.3. The van der Waals surface area contributed by atoms with Crippen LogP contribution < -0.4 is 22.5 Å². The Labute approximate surface area is 106 Å². The Hall–Kier alpha value is -1.92. The molecule has 98 valence electrons. The molecular weight excluding hydrogens is 232 g/mol. The Morgan fingerprint density at radius 2 is 1.61 bits per heavy atom. The number of nitrogens with two attached hydrogens (primary N) is 2. The summed E-state index contributed by atoms with van der Waals surface area (Å²) in [5.74, 6) is 9.09. The average Bonchev–Trinajstić information content (AvgIpc) is 2.43. The third-order valence-corrected chi connectivity index (χ3v) is 3.02. The Morgan fingerprint density at radius 1 is 1.11 bits per heavy atom. The van der Waals surface area contributed by atoms with E-state index < -0.39 is 17.2 Å². The van der Waals surface area contributed by atoms with Crippen molar-refractivity contribution in [3.63, 3.8) is 0 Å². The summed E-state index contributed by atoms with van der Waals surface area (Å²) in [5, 5.41) is 0. The van der Waals surface area contributed by atoms with Gasteiger partial charge in [0.05, 0.1) is 0 Å². The van der Waals surface area contributed by atoms with Crippen molar-refractivity contribution < 1.29 is 9.59 Å². The third-order valence-electron chi connectivity index (χ3n) is 3.02. The Balaban J connectivity index is 2.80. The van der Waals surface area contributed by atoms with Crippen LogP contribution in [0, 0.1) is 5.41 Å². The molecule has 0 spiro atoms. The number of carbonyl (C=O) groups excluding carboxylic acids is 2. The molecule has 18 heavy (non-hydrogen) atoms. The highest BCUT2D eigenvalue weighted by Crippen LogP contribution is 2.24. The number of nitrogens with one attached hydrogen (secondary N) is 2. The van der Waals surface area contributed by atoms with Crippen LogP contribution in [0.2, 0.25) is 0 Å². The van der Waals surface area contributed by atoms with E-state index in [4.69, 9.17) is 11.7 Å². The van der Waals surface area contributed by atoms with Gasteiger partial charge in [0.25, 0.3) is 0 Å². The van der Waals surface area contributed by atoms with Crippen molar-refractivity contribution in [2.75, 3.05) is 0 Å². The maximum atomic E-state index is 11.7. The van der Waals surface area contributed by atoms with E-state index in [0.29, 0.717) is 12.8 Å². The summed E-state index contributed by atoms with van der Waals surface area (Å²) in [7, 11) is 0. The van der Waals surface area contributed by atoms with E-state index in [-0.39, 0.29) is 0 Å². The molecule has 1 aromatic carbocycles. The molecule has 0 aliphatic heterocycles. The van der Waals surface area contributed by atoms with Crippen LogP contribution in [0.4, 0.5) is 0 Å². The topological polar surface area (TPSA) is 110 Å². The van der Waals surface area contributed by atoms with Crippen molar-refractivity contribution in [2.45, 2.75) is 19.8 Å². The van der Waals surface area contributed by atoms with Crippen LogP contribution in [0.3, 0.4) is 0 Å². The normalized spacial score (nSPS) is 10.8. The predicted molar refractivity (Wildman–Crippen MR) is 67.5 cm³/mol. The van der Waals surface area contributed by atoms with Gasteiger partial charge in [-0.2, -0.15) is 0 Å². The molecule has 0 saturated carbocycles.